The Morgan fingerprint density at radius 2 is 2.47 bits per heavy atom. The Morgan fingerprint density at radius 1 is 1.68 bits per heavy atom. The Kier molecular flexibility index (Phi) is 7.12. The maximum absolute atomic E-state index is 11.3. The number of hydrogen-bond donors (Lipinski definition) is 1. The number of amides is 1. The number of aromatic nitrogens is 1. The van der Waals surface area contributed by atoms with E-state index in [0.717, 1.165) is 18.0 Å². The average Bonchev–Trinajstić information content (AvgIpc) is 2.36. The number of carbonyl (C=O) groups excluding carboxylic acids is 2. The number of ether oxygens (including phenoxy) is 1. The summed E-state index contributed by atoms with van der Waals surface area (Å²) in [5.74, 6) is 0.192. The second kappa shape index (κ2) is 8.65. The smallest absolute Gasteiger partial charge is 0.413 e. The van der Waals surface area contributed by atoms with E-state index in [1.165, 1.54) is 0 Å². The highest BCUT2D eigenvalue weighted by Crippen LogP contribution is 2.17. The fourth-order valence-corrected chi connectivity index (χ4v) is 1.95. The molecule has 0 atom stereocenters. The Balaban J connectivity index is 2.82. The van der Waals surface area contributed by atoms with Gasteiger partial charge in [0.25, 0.3) is 0 Å². The lowest BCUT2D eigenvalue weighted by Crippen LogP contribution is -2.29. The molecule has 1 amide bonds. The molecule has 102 valence electrons. The van der Waals surface area contributed by atoms with E-state index in [1.54, 1.807) is 25.3 Å². The van der Waals surface area contributed by atoms with Crippen molar-refractivity contribution in [2.24, 2.45) is 4.99 Å². The molecule has 1 aromatic heterocycles. The van der Waals surface area contributed by atoms with Crippen LogP contribution in [0.2, 0.25) is 0 Å². The second-order valence-corrected chi connectivity index (χ2v) is 4.90. The topological polar surface area (TPSA) is 80.7 Å². The summed E-state index contributed by atoms with van der Waals surface area (Å²) in [4.78, 5) is 29.9. The predicted octanol–water partition coefficient (Wildman–Crippen LogP) is 2.51. The molecule has 1 aromatic rings. The van der Waals surface area contributed by atoms with Crippen LogP contribution in [0.5, 0.6) is 0 Å². The summed E-state index contributed by atoms with van der Waals surface area (Å²) >= 11 is 4.34. The van der Waals surface area contributed by atoms with E-state index in [4.69, 9.17) is 4.74 Å². The standard InChI is InChI=1S/C11H12BrN3O3S/c1-2-18-11(17)15-10(19-6-5-16)14-8-3-4-13-9(12)7-8/h3-5,7H,2,6H2,1H3,(H,13,14,15,17). The number of amidine groups is 1. The van der Waals surface area contributed by atoms with E-state index < -0.39 is 6.09 Å². The third kappa shape index (κ3) is 6.35. The van der Waals surface area contributed by atoms with E-state index in [0.29, 0.717) is 15.5 Å². The van der Waals surface area contributed by atoms with Crippen molar-refractivity contribution in [3.05, 3.63) is 22.9 Å². The van der Waals surface area contributed by atoms with E-state index in [-0.39, 0.29) is 12.4 Å². The molecule has 0 aliphatic heterocycles. The summed E-state index contributed by atoms with van der Waals surface area (Å²) in [6, 6.07) is 3.37. The van der Waals surface area contributed by atoms with Gasteiger partial charge in [-0.15, -0.1) is 0 Å². The third-order valence-electron chi connectivity index (χ3n) is 1.71. The summed E-state index contributed by atoms with van der Waals surface area (Å²) in [5.41, 5.74) is 0.604. The number of carbonyl (C=O) groups is 2. The summed E-state index contributed by atoms with van der Waals surface area (Å²) < 4.78 is 5.39. The molecule has 0 aromatic carbocycles. The van der Waals surface area contributed by atoms with Crippen LogP contribution < -0.4 is 5.32 Å². The highest BCUT2D eigenvalue weighted by Gasteiger charge is 2.07. The van der Waals surface area contributed by atoms with Gasteiger partial charge >= 0.3 is 6.09 Å². The van der Waals surface area contributed by atoms with Crippen LogP contribution in [0.3, 0.4) is 0 Å². The highest BCUT2D eigenvalue weighted by atomic mass is 79.9. The average molecular weight is 346 g/mol. The van der Waals surface area contributed by atoms with Gasteiger partial charge in [-0.3, -0.25) is 5.32 Å². The van der Waals surface area contributed by atoms with Crippen molar-refractivity contribution in [2.45, 2.75) is 6.92 Å². The molecule has 0 bridgehead atoms. The van der Waals surface area contributed by atoms with Gasteiger partial charge in [0.1, 0.15) is 10.9 Å². The molecule has 1 heterocycles. The van der Waals surface area contributed by atoms with Crippen LogP contribution in [-0.4, -0.2) is 34.9 Å². The molecule has 0 fully saturated rings. The number of thioether (sulfide) groups is 1. The van der Waals surface area contributed by atoms with Crippen LogP contribution in [0.4, 0.5) is 10.5 Å². The Labute approximate surface area is 123 Å². The molecule has 1 rings (SSSR count). The summed E-state index contributed by atoms with van der Waals surface area (Å²) in [5, 5.41) is 2.77. The number of alkyl carbamates (subject to hydrolysis) is 1. The number of aliphatic imine (C=N–C) groups is 1. The van der Waals surface area contributed by atoms with E-state index in [9.17, 15) is 9.59 Å². The first-order valence-corrected chi connectivity index (χ1v) is 7.14. The van der Waals surface area contributed by atoms with Crippen molar-refractivity contribution in [1.82, 2.24) is 10.3 Å². The number of nitrogens with one attached hydrogen (secondary N) is 1. The summed E-state index contributed by atoms with van der Waals surface area (Å²) in [6.07, 6.45) is 1.71. The van der Waals surface area contributed by atoms with Crippen LogP contribution in [0, 0.1) is 0 Å². The van der Waals surface area contributed by atoms with E-state index in [2.05, 4.69) is 31.2 Å². The van der Waals surface area contributed by atoms with Gasteiger partial charge in [-0.2, -0.15) is 0 Å². The highest BCUT2D eigenvalue weighted by molar-refractivity contribution is 9.10. The maximum Gasteiger partial charge on any atom is 0.413 e. The van der Waals surface area contributed by atoms with Gasteiger partial charge in [-0.05, 0) is 35.0 Å². The van der Waals surface area contributed by atoms with Crippen molar-refractivity contribution in [2.75, 3.05) is 12.4 Å². The summed E-state index contributed by atoms with van der Waals surface area (Å²) in [7, 11) is 0. The van der Waals surface area contributed by atoms with E-state index >= 15 is 0 Å². The first kappa shape index (κ1) is 15.6. The van der Waals surface area contributed by atoms with Crippen molar-refractivity contribution < 1.29 is 14.3 Å². The number of aldehydes is 1. The van der Waals surface area contributed by atoms with Crippen molar-refractivity contribution in [3.63, 3.8) is 0 Å². The molecule has 0 aliphatic rings. The molecule has 1 N–H and O–H groups in total. The molecular formula is C11H12BrN3O3S. The largest absolute Gasteiger partial charge is 0.450 e. The van der Waals surface area contributed by atoms with Gasteiger partial charge in [-0.1, -0.05) is 11.8 Å². The van der Waals surface area contributed by atoms with Crippen molar-refractivity contribution >= 4 is 50.9 Å². The van der Waals surface area contributed by atoms with Crippen LogP contribution >= 0.6 is 27.7 Å². The Morgan fingerprint density at radius 3 is 3.11 bits per heavy atom. The minimum atomic E-state index is -0.604. The first-order valence-electron chi connectivity index (χ1n) is 5.36. The number of nitrogens with zero attached hydrogens (tertiary/aromatic N) is 2. The number of pyridine rings is 1. The van der Waals surface area contributed by atoms with Gasteiger partial charge in [0.2, 0.25) is 0 Å². The first-order chi connectivity index (χ1) is 9.15. The van der Waals surface area contributed by atoms with Crippen LogP contribution in [0.1, 0.15) is 6.92 Å². The zero-order valence-corrected chi connectivity index (χ0v) is 12.5. The molecule has 6 nitrogen and oxygen atoms in total. The molecule has 0 aliphatic carbocycles. The van der Waals surface area contributed by atoms with E-state index in [1.807, 2.05) is 0 Å². The molecule has 0 saturated carbocycles. The normalized spacial score (nSPS) is 10.9. The minimum Gasteiger partial charge on any atom is -0.450 e. The molecule has 8 heteroatoms. The molecule has 0 unspecified atom stereocenters. The number of rotatable bonds is 4. The van der Waals surface area contributed by atoms with Gasteiger partial charge in [-0.25, -0.2) is 14.8 Å². The maximum atomic E-state index is 11.3. The van der Waals surface area contributed by atoms with Gasteiger partial charge < -0.3 is 9.53 Å². The SMILES string of the molecule is CCOC(=O)NC(=Nc1ccnc(Br)c1)SCC=O. The van der Waals surface area contributed by atoms with Crippen molar-refractivity contribution in [1.29, 1.82) is 0 Å². The lowest BCUT2D eigenvalue weighted by Gasteiger charge is -2.07. The Hall–Kier alpha value is -1.41. The fourth-order valence-electron chi connectivity index (χ4n) is 1.04. The van der Waals surface area contributed by atoms with Crippen LogP contribution in [0.15, 0.2) is 27.9 Å². The quantitative estimate of drug-likeness (QED) is 0.392. The van der Waals surface area contributed by atoms with Crippen molar-refractivity contribution in [3.8, 4) is 0 Å². The monoisotopic (exact) mass is 345 g/mol. The molecule has 0 spiro atoms. The number of halogens is 1. The molecular weight excluding hydrogens is 334 g/mol. The summed E-state index contributed by atoms with van der Waals surface area (Å²) in [6.45, 7) is 1.97. The third-order valence-corrected chi connectivity index (χ3v) is 2.92. The molecule has 19 heavy (non-hydrogen) atoms. The molecule has 0 saturated heterocycles. The van der Waals surface area contributed by atoms with Crippen LogP contribution in [0.25, 0.3) is 0 Å². The lowest BCUT2D eigenvalue weighted by molar-refractivity contribution is -0.105. The number of hydrogen-bond acceptors (Lipinski definition) is 6. The predicted molar refractivity (Wildman–Crippen MR) is 77.7 cm³/mol. The second-order valence-electron chi connectivity index (χ2n) is 3.08. The van der Waals surface area contributed by atoms with Gasteiger partial charge in [0.15, 0.2) is 5.17 Å². The van der Waals surface area contributed by atoms with Gasteiger partial charge in [0.05, 0.1) is 18.0 Å². The minimum absolute atomic E-state index is 0.192. The van der Waals surface area contributed by atoms with Crippen LogP contribution in [-0.2, 0) is 9.53 Å². The fraction of sp³-hybridized carbons (Fsp3) is 0.273. The van der Waals surface area contributed by atoms with Gasteiger partial charge in [0, 0.05) is 6.20 Å². The lowest BCUT2D eigenvalue weighted by atomic mass is 10.4. The molecule has 0 radical (unpaired) electrons. The zero-order valence-electron chi connectivity index (χ0n) is 10.1. The zero-order chi connectivity index (χ0) is 14.1. The Bertz CT molecular complexity index is 482.